The minimum atomic E-state index is 0.0822. The molecule has 0 spiro atoms. The molecule has 2 amide bonds. The van der Waals surface area contributed by atoms with Crippen molar-refractivity contribution in [1.29, 1.82) is 0 Å². The van der Waals surface area contributed by atoms with Crippen molar-refractivity contribution in [3.63, 3.8) is 0 Å². The first-order chi connectivity index (χ1) is 13.1. The molecule has 1 aliphatic heterocycles. The highest BCUT2D eigenvalue weighted by Gasteiger charge is 2.27. The molecule has 1 atom stereocenters. The van der Waals surface area contributed by atoms with Crippen molar-refractivity contribution >= 4 is 6.03 Å². The summed E-state index contributed by atoms with van der Waals surface area (Å²) in [5.74, 6) is 0. The Morgan fingerprint density at radius 3 is 2.41 bits per heavy atom. The number of likely N-dealkylation sites (N-methyl/N-ethyl adjacent to an activating group) is 1. The first kappa shape index (κ1) is 20.2. The van der Waals surface area contributed by atoms with Crippen molar-refractivity contribution in [1.82, 2.24) is 20.0 Å². The van der Waals surface area contributed by atoms with Crippen LogP contribution < -0.4 is 5.32 Å². The summed E-state index contributed by atoms with van der Waals surface area (Å²) in [7, 11) is 4.15. The Bertz CT molecular complexity index is 604. The fraction of sp³-hybridized carbons (Fsp3) is 0.682. The number of nitrogens with one attached hydrogen (secondary N) is 1. The summed E-state index contributed by atoms with van der Waals surface area (Å²) < 4.78 is 0. The van der Waals surface area contributed by atoms with Crippen molar-refractivity contribution in [3.8, 4) is 0 Å². The molecule has 0 unspecified atom stereocenters. The van der Waals surface area contributed by atoms with Gasteiger partial charge in [-0.25, -0.2) is 4.79 Å². The van der Waals surface area contributed by atoms with Crippen molar-refractivity contribution < 1.29 is 4.79 Å². The van der Waals surface area contributed by atoms with Gasteiger partial charge < -0.3 is 15.1 Å². The molecule has 150 valence electrons. The molecule has 3 rings (SSSR count). The number of piperazine rings is 1. The van der Waals surface area contributed by atoms with Gasteiger partial charge in [-0.3, -0.25) is 4.90 Å². The molecule has 1 N–H and O–H groups in total. The quantitative estimate of drug-likeness (QED) is 0.862. The predicted octanol–water partition coefficient (Wildman–Crippen LogP) is 3.26. The summed E-state index contributed by atoms with van der Waals surface area (Å²) in [6.07, 6.45) is 6.82. The lowest BCUT2D eigenvalue weighted by Gasteiger charge is -2.40. The molecule has 0 radical (unpaired) electrons. The molecule has 0 aromatic heterocycles. The number of hydrogen-bond donors (Lipinski definition) is 1. The van der Waals surface area contributed by atoms with E-state index >= 15 is 0 Å². The fourth-order valence-electron chi connectivity index (χ4n) is 4.56. The Morgan fingerprint density at radius 2 is 1.78 bits per heavy atom. The highest BCUT2D eigenvalue weighted by molar-refractivity contribution is 5.74. The Kier molecular flexibility index (Phi) is 7.13. The van der Waals surface area contributed by atoms with Gasteiger partial charge in [-0.05, 0) is 45.0 Å². The lowest BCUT2D eigenvalue weighted by Crippen LogP contribution is -2.55. The second kappa shape index (κ2) is 9.56. The van der Waals surface area contributed by atoms with Crippen LogP contribution in [0.2, 0.25) is 0 Å². The number of carbonyl (C=O) groups is 1. The predicted molar refractivity (Wildman–Crippen MR) is 111 cm³/mol. The van der Waals surface area contributed by atoms with Crippen LogP contribution in [0.25, 0.3) is 0 Å². The summed E-state index contributed by atoms with van der Waals surface area (Å²) in [6.45, 7) is 6.51. The topological polar surface area (TPSA) is 38.8 Å². The van der Waals surface area contributed by atoms with E-state index in [1.807, 2.05) is 4.90 Å². The van der Waals surface area contributed by atoms with Crippen molar-refractivity contribution in [2.24, 2.45) is 0 Å². The molecule has 2 aliphatic rings. The molecular weight excluding hydrogens is 336 g/mol. The number of amides is 2. The zero-order valence-electron chi connectivity index (χ0n) is 17.3. The van der Waals surface area contributed by atoms with Gasteiger partial charge in [0, 0.05) is 38.8 Å². The van der Waals surface area contributed by atoms with Crippen molar-refractivity contribution in [2.75, 3.05) is 46.8 Å². The number of carbonyl (C=O) groups excluding carboxylic acids is 1. The minimum absolute atomic E-state index is 0.0822. The van der Waals surface area contributed by atoms with Gasteiger partial charge in [0.1, 0.15) is 0 Å². The number of rotatable bonds is 5. The summed E-state index contributed by atoms with van der Waals surface area (Å²) in [4.78, 5) is 19.5. The number of nitrogens with zero attached hydrogens (tertiary/aromatic N) is 3. The van der Waals surface area contributed by atoms with Gasteiger partial charge >= 0.3 is 6.03 Å². The molecule has 1 aliphatic carbocycles. The lowest BCUT2D eigenvalue weighted by molar-refractivity contribution is 0.0900. The fourth-order valence-corrected chi connectivity index (χ4v) is 4.56. The van der Waals surface area contributed by atoms with Gasteiger partial charge in [0.25, 0.3) is 0 Å². The molecule has 1 saturated heterocycles. The number of hydrogen-bond acceptors (Lipinski definition) is 3. The second-order valence-electron chi connectivity index (χ2n) is 8.34. The average molecular weight is 373 g/mol. The zero-order valence-corrected chi connectivity index (χ0v) is 17.3. The number of benzene rings is 1. The third-order valence-electron chi connectivity index (χ3n) is 6.31. The Labute approximate surface area is 164 Å². The molecule has 1 heterocycles. The van der Waals surface area contributed by atoms with Crippen LogP contribution in [0.15, 0.2) is 24.3 Å². The van der Waals surface area contributed by atoms with E-state index < -0.39 is 0 Å². The van der Waals surface area contributed by atoms with Gasteiger partial charge in [0.15, 0.2) is 0 Å². The zero-order chi connectivity index (χ0) is 19.2. The second-order valence-corrected chi connectivity index (χ2v) is 8.34. The normalized spacial score (nSPS) is 20.7. The molecule has 1 aromatic rings. The van der Waals surface area contributed by atoms with E-state index in [1.54, 1.807) is 0 Å². The number of urea groups is 1. The molecule has 27 heavy (non-hydrogen) atoms. The SMILES string of the molecule is Cc1ccccc1[C@@H](CNC(=O)N1CCN(C2CCCCC2)CC1)N(C)C. The smallest absolute Gasteiger partial charge is 0.317 e. The van der Waals surface area contributed by atoms with E-state index in [1.165, 1.54) is 43.2 Å². The third-order valence-corrected chi connectivity index (χ3v) is 6.31. The minimum Gasteiger partial charge on any atom is -0.336 e. The maximum absolute atomic E-state index is 12.7. The molecular formula is C22H36N4O. The van der Waals surface area contributed by atoms with Crippen LogP contribution in [0.1, 0.15) is 49.3 Å². The Balaban J connectivity index is 1.49. The van der Waals surface area contributed by atoms with Crippen molar-refractivity contribution in [2.45, 2.75) is 51.1 Å². The largest absolute Gasteiger partial charge is 0.336 e. The van der Waals surface area contributed by atoms with Crippen LogP contribution in [-0.4, -0.2) is 73.6 Å². The van der Waals surface area contributed by atoms with Crippen LogP contribution in [-0.2, 0) is 0 Å². The lowest BCUT2D eigenvalue weighted by atomic mass is 9.94. The molecule has 0 bridgehead atoms. The van der Waals surface area contributed by atoms with Gasteiger partial charge in [0.2, 0.25) is 0 Å². The van der Waals surface area contributed by atoms with E-state index in [4.69, 9.17) is 0 Å². The maximum atomic E-state index is 12.7. The first-order valence-electron chi connectivity index (χ1n) is 10.5. The highest BCUT2D eigenvalue weighted by Crippen LogP contribution is 2.24. The van der Waals surface area contributed by atoms with Crippen LogP contribution in [0.3, 0.4) is 0 Å². The average Bonchev–Trinajstić information content (AvgIpc) is 2.70. The van der Waals surface area contributed by atoms with Gasteiger partial charge in [-0.2, -0.15) is 0 Å². The summed E-state index contributed by atoms with van der Waals surface area (Å²) in [5.41, 5.74) is 2.55. The summed E-state index contributed by atoms with van der Waals surface area (Å²) in [5, 5.41) is 3.18. The first-order valence-corrected chi connectivity index (χ1v) is 10.5. The summed E-state index contributed by atoms with van der Waals surface area (Å²) in [6, 6.07) is 9.47. The van der Waals surface area contributed by atoms with Crippen LogP contribution >= 0.6 is 0 Å². The molecule has 5 heteroatoms. The van der Waals surface area contributed by atoms with Crippen LogP contribution in [0, 0.1) is 6.92 Å². The highest BCUT2D eigenvalue weighted by atomic mass is 16.2. The van der Waals surface area contributed by atoms with Gasteiger partial charge in [-0.15, -0.1) is 0 Å². The Morgan fingerprint density at radius 1 is 1.11 bits per heavy atom. The summed E-state index contributed by atoms with van der Waals surface area (Å²) >= 11 is 0. The molecule has 2 fully saturated rings. The van der Waals surface area contributed by atoms with E-state index in [-0.39, 0.29) is 12.1 Å². The third kappa shape index (κ3) is 5.23. The standard InChI is InChI=1S/C22H36N4O/c1-18-9-7-8-12-20(18)21(24(2)3)17-23-22(27)26-15-13-25(14-16-26)19-10-5-4-6-11-19/h7-9,12,19,21H,4-6,10-11,13-17H2,1-3H3,(H,23,27)/t21-/m1/s1. The molecule has 1 aromatic carbocycles. The van der Waals surface area contributed by atoms with E-state index in [0.717, 1.165) is 32.2 Å². The monoisotopic (exact) mass is 372 g/mol. The molecule has 1 saturated carbocycles. The van der Waals surface area contributed by atoms with E-state index in [9.17, 15) is 4.79 Å². The van der Waals surface area contributed by atoms with Crippen molar-refractivity contribution in [3.05, 3.63) is 35.4 Å². The maximum Gasteiger partial charge on any atom is 0.317 e. The van der Waals surface area contributed by atoms with Crippen LogP contribution in [0.5, 0.6) is 0 Å². The van der Waals surface area contributed by atoms with Gasteiger partial charge in [0.05, 0.1) is 6.04 Å². The van der Waals surface area contributed by atoms with E-state index in [2.05, 4.69) is 60.4 Å². The Hall–Kier alpha value is -1.59. The molecule has 5 nitrogen and oxygen atoms in total. The van der Waals surface area contributed by atoms with Crippen LogP contribution in [0.4, 0.5) is 4.79 Å². The number of aryl methyl sites for hydroxylation is 1. The van der Waals surface area contributed by atoms with E-state index in [0.29, 0.717) is 6.54 Å². The van der Waals surface area contributed by atoms with Gasteiger partial charge in [-0.1, -0.05) is 43.5 Å².